The largest absolute Gasteiger partial charge is 0.387 e. The standard InChI is InChI=1S/C21H21N5O3S2/c22-19-14-6-7-26(20(14)24-11-23-19)21-18(28)17(27)15(29-21)10-30-8-13-9-31-25-16(13)12-4-2-1-3-5-12/h1-7,9,11,15,17-18,21,27-28H,8,10H2,(H2,22,23,24)/t15-,17-,18-,21-/m1/s1. The van der Waals surface area contributed by atoms with Crippen LogP contribution in [0.2, 0.25) is 0 Å². The van der Waals surface area contributed by atoms with E-state index >= 15 is 0 Å². The van der Waals surface area contributed by atoms with E-state index in [2.05, 4.69) is 19.7 Å². The molecule has 10 heteroatoms. The molecule has 1 aliphatic rings. The number of aromatic nitrogens is 4. The Morgan fingerprint density at radius 1 is 1.13 bits per heavy atom. The minimum Gasteiger partial charge on any atom is -0.387 e. The third-order valence-electron chi connectivity index (χ3n) is 5.38. The molecule has 0 bridgehead atoms. The lowest BCUT2D eigenvalue weighted by atomic mass is 10.1. The quantitative estimate of drug-likeness (QED) is 0.406. The number of nitrogens with zero attached hydrogens (tertiary/aromatic N) is 4. The summed E-state index contributed by atoms with van der Waals surface area (Å²) in [4.78, 5) is 8.24. The van der Waals surface area contributed by atoms with Crippen molar-refractivity contribution in [3.8, 4) is 11.3 Å². The van der Waals surface area contributed by atoms with Crippen molar-refractivity contribution in [1.82, 2.24) is 18.9 Å². The Kier molecular flexibility index (Phi) is 5.63. The van der Waals surface area contributed by atoms with E-state index in [-0.39, 0.29) is 0 Å². The van der Waals surface area contributed by atoms with Gasteiger partial charge in [0.1, 0.15) is 30.0 Å². The number of thioether (sulfide) groups is 1. The number of benzene rings is 1. The van der Waals surface area contributed by atoms with E-state index in [0.717, 1.165) is 22.6 Å². The molecule has 4 N–H and O–H groups in total. The second kappa shape index (κ2) is 8.56. The monoisotopic (exact) mass is 455 g/mol. The smallest absolute Gasteiger partial charge is 0.164 e. The van der Waals surface area contributed by atoms with E-state index in [1.165, 1.54) is 17.9 Å². The molecular formula is C21H21N5O3S2. The van der Waals surface area contributed by atoms with Gasteiger partial charge in [0.15, 0.2) is 6.23 Å². The molecule has 4 heterocycles. The van der Waals surface area contributed by atoms with Crippen LogP contribution in [0.25, 0.3) is 22.3 Å². The molecule has 1 saturated heterocycles. The molecule has 31 heavy (non-hydrogen) atoms. The van der Waals surface area contributed by atoms with Crippen molar-refractivity contribution in [2.45, 2.75) is 30.3 Å². The van der Waals surface area contributed by atoms with E-state index < -0.39 is 24.5 Å². The molecule has 0 spiro atoms. The third-order valence-corrected chi connectivity index (χ3v) is 7.14. The highest BCUT2D eigenvalue weighted by Crippen LogP contribution is 2.35. The second-order valence-electron chi connectivity index (χ2n) is 7.34. The zero-order valence-corrected chi connectivity index (χ0v) is 18.0. The number of rotatable bonds is 6. The fourth-order valence-corrected chi connectivity index (χ4v) is 5.65. The maximum Gasteiger partial charge on any atom is 0.164 e. The van der Waals surface area contributed by atoms with Crippen LogP contribution in [0.5, 0.6) is 0 Å². The van der Waals surface area contributed by atoms with Gasteiger partial charge in [0.2, 0.25) is 0 Å². The van der Waals surface area contributed by atoms with Crippen LogP contribution in [-0.2, 0) is 10.5 Å². The van der Waals surface area contributed by atoms with Crippen molar-refractivity contribution in [1.29, 1.82) is 0 Å². The summed E-state index contributed by atoms with van der Waals surface area (Å²) in [5.41, 5.74) is 9.69. The normalized spacial score (nSPS) is 23.5. The number of nitrogens with two attached hydrogens (primary N) is 1. The number of aliphatic hydroxyl groups is 2. The van der Waals surface area contributed by atoms with Crippen LogP contribution >= 0.6 is 23.3 Å². The zero-order chi connectivity index (χ0) is 21.4. The first-order valence-corrected chi connectivity index (χ1v) is 11.8. The van der Waals surface area contributed by atoms with Gasteiger partial charge < -0.3 is 25.3 Å². The number of hydrogen-bond donors (Lipinski definition) is 3. The minimum absolute atomic E-state index is 0.363. The summed E-state index contributed by atoms with van der Waals surface area (Å²) >= 11 is 3.08. The fraction of sp³-hybridized carbons (Fsp3) is 0.286. The van der Waals surface area contributed by atoms with Crippen LogP contribution in [-0.4, -0.2) is 53.2 Å². The van der Waals surface area contributed by atoms with Gasteiger partial charge in [0.25, 0.3) is 0 Å². The van der Waals surface area contributed by atoms with Gasteiger partial charge in [-0.3, -0.25) is 0 Å². The average molecular weight is 456 g/mol. The van der Waals surface area contributed by atoms with E-state index in [0.29, 0.717) is 22.6 Å². The minimum atomic E-state index is -1.07. The van der Waals surface area contributed by atoms with Gasteiger partial charge in [-0.05, 0) is 17.6 Å². The van der Waals surface area contributed by atoms with Crippen molar-refractivity contribution in [2.24, 2.45) is 0 Å². The molecule has 0 radical (unpaired) electrons. The Bertz CT molecular complexity index is 1180. The lowest BCUT2D eigenvalue weighted by Crippen LogP contribution is -2.32. The van der Waals surface area contributed by atoms with Gasteiger partial charge in [0, 0.05) is 34.2 Å². The molecule has 0 amide bonds. The maximum absolute atomic E-state index is 10.6. The second-order valence-corrected chi connectivity index (χ2v) is 8.99. The SMILES string of the molecule is Nc1ncnc2c1ccn2[C@@H]1O[C@H](CSCc2csnc2-c2ccccc2)[C@@H](O)[C@H]1O. The summed E-state index contributed by atoms with van der Waals surface area (Å²) in [7, 11) is 0. The highest BCUT2D eigenvalue weighted by molar-refractivity contribution is 7.98. The molecule has 1 aromatic carbocycles. The zero-order valence-electron chi connectivity index (χ0n) is 16.4. The molecule has 4 atom stereocenters. The third kappa shape index (κ3) is 3.81. The molecule has 1 aliphatic heterocycles. The van der Waals surface area contributed by atoms with Gasteiger partial charge >= 0.3 is 0 Å². The average Bonchev–Trinajstić information content (AvgIpc) is 3.49. The van der Waals surface area contributed by atoms with Crippen molar-refractivity contribution in [2.75, 3.05) is 11.5 Å². The van der Waals surface area contributed by atoms with E-state index in [4.69, 9.17) is 10.5 Å². The van der Waals surface area contributed by atoms with E-state index in [1.807, 2.05) is 30.3 Å². The summed E-state index contributed by atoms with van der Waals surface area (Å²) in [6.07, 6.45) is -0.195. The van der Waals surface area contributed by atoms with Crippen LogP contribution in [0.1, 0.15) is 11.8 Å². The number of ether oxygens (including phenoxy) is 1. The van der Waals surface area contributed by atoms with E-state index in [1.54, 1.807) is 28.6 Å². The number of hydrogen-bond acceptors (Lipinski definition) is 9. The summed E-state index contributed by atoms with van der Waals surface area (Å²) in [5.74, 6) is 1.64. The number of anilines is 1. The van der Waals surface area contributed by atoms with Gasteiger partial charge in [-0.15, -0.1) is 0 Å². The van der Waals surface area contributed by atoms with Gasteiger partial charge in [-0.25, -0.2) is 9.97 Å². The molecule has 0 saturated carbocycles. The molecule has 0 unspecified atom stereocenters. The highest BCUT2D eigenvalue weighted by Gasteiger charge is 2.43. The van der Waals surface area contributed by atoms with Crippen LogP contribution in [0.3, 0.4) is 0 Å². The number of nitrogen functional groups attached to an aromatic ring is 1. The van der Waals surface area contributed by atoms with Crippen molar-refractivity contribution in [3.05, 3.63) is 59.9 Å². The predicted octanol–water partition coefficient (Wildman–Crippen LogP) is 2.69. The van der Waals surface area contributed by atoms with Crippen molar-refractivity contribution in [3.63, 3.8) is 0 Å². The molecule has 3 aromatic heterocycles. The van der Waals surface area contributed by atoms with Crippen LogP contribution in [0, 0.1) is 0 Å². The van der Waals surface area contributed by atoms with E-state index in [9.17, 15) is 10.2 Å². The number of aliphatic hydroxyl groups excluding tert-OH is 2. The molecule has 8 nitrogen and oxygen atoms in total. The van der Waals surface area contributed by atoms with Gasteiger partial charge in [-0.1, -0.05) is 30.3 Å². The first-order chi connectivity index (χ1) is 15.1. The first-order valence-electron chi connectivity index (χ1n) is 9.78. The summed E-state index contributed by atoms with van der Waals surface area (Å²) in [6, 6.07) is 11.9. The van der Waals surface area contributed by atoms with Gasteiger partial charge in [-0.2, -0.15) is 16.1 Å². The van der Waals surface area contributed by atoms with Crippen LogP contribution < -0.4 is 5.73 Å². The summed E-state index contributed by atoms with van der Waals surface area (Å²) < 4.78 is 12.3. The predicted molar refractivity (Wildman–Crippen MR) is 122 cm³/mol. The Morgan fingerprint density at radius 2 is 1.97 bits per heavy atom. The Labute approximate surface area is 186 Å². The lowest BCUT2D eigenvalue weighted by molar-refractivity contribution is -0.0285. The van der Waals surface area contributed by atoms with Gasteiger partial charge in [0.05, 0.1) is 17.2 Å². The topological polar surface area (TPSA) is 119 Å². The van der Waals surface area contributed by atoms with Crippen molar-refractivity contribution < 1.29 is 14.9 Å². The Balaban J connectivity index is 1.26. The molecule has 5 rings (SSSR count). The molecular weight excluding hydrogens is 434 g/mol. The van der Waals surface area contributed by atoms with Crippen LogP contribution in [0.15, 0.2) is 54.3 Å². The van der Waals surface area contributed by atoms with Crippen LogP contribution in [0.4, 0.5) is 5.82 Å². The van der Waals surface area contributed by atoms with Crippen molar-refractivity contribution >= 4 is 40.1 Å². The molecule has 1 fully saturated rings. The molecule has 4 aromatic rings. The summed E-state index contributed by atoms with van der Waals surface area (Å²) in [5, 5.41) is 23.9. The Morgan fingerprint density at radius 3 is 2.81 bits per heavy atom. The molecule has 0 aliphatic carbocycles. The fourth-order valence-electron chi connectivity index (χ4n) is 3.77. The summed E-state index contributed by atoms with van der Waals surface area (Å²) in [6.45, 7) is 0. The lowest BCUT2D eigenvalue weighted by Gasteiger charge is -2.17. The highest BCUT2D eigenvalue weighted by atomic mass is 32.2. The maximum atomic E-state index is 10.6. The first kappa shape index (κ1) is 20.4. The molecule has 160 valence electrons. The number of fused-ring (bicyclic) bond motifs is 1. The Hall–Kier alpha value is -2.50.